The zero-order valence-electron chi connectivity index (χ0n) is 12.4. The number of nitrogens with one attached hydrogen (secondary N) is 1. The van der Waals surface area contributed by atoms with Gasteiger partial charge in [0.15, 0.2) is 0 Å². The third kappa shape index (κ3) is 4.95. The fourth-order valence-electron chi connectivity index (χ4n) is 1.89. The van der Waals surface area contributed by atoms with Gasteiger partial charge in [0.2, 0.25) is 5.88 Å². The van der Waals surface area contributed by atoms with Crippen LogP contribution >= 0.6 is 22.9 Å². The number of ether oxygens (including phenoxy) is 1. The summed E-state index contributed by atoms with van der Waals surface area (Å²) in [5.41, 5.74) is 3.96. The lowest BCUT2D eigenvalue weighted by molar-refractivity contribution is 0.310. The van der Waals surface area contributed by atoms with E-state index in [9.17, 15) is 0 Å². The quantitative estimate of drug-likeness (QED) is 0.753. The molecule has 0 radical (unpaired) electrons. The van der Waals surface area contributed by atoms with Crippen LogP contribution in [0.15, 0.2) is 17.8 Å². The molecule has 6 heteroatoms. The van der Waals surface area contributed by atoms with Crippen molar-refractivity contribution < 1.29 is 4.74 Å². The predicted molar refractivity (Wildman–Crippen MR) is 87.3 cm³/mol. The highest BCUT2D eigenvalue weighted by Crippen LogP contribution is 2.20. The van der Waals surface area contributed by atoms with Gasteiger partial charge >= 0.3 is 0 Å². The van der Waals surface area contributed by atoms with Crippen LogP contribution in [0, 0.1) is 6.92 Å². The molecule has 0 bridgehead atoms. The Labute approximate surface area is 134 Å². The molecule has 0 amide bonds. The molecule has 4 nitrogen and oxygen atoms in total. The molecule has 0 saturated heterocycles. The smallest absolute Gasteiger partial charge is 0.213 e. The van der Waals surface area contributed by atoms with Crippen molar-refractivity contribution in [3.63, 3.8) is 0 Å². The summed E-state index contributed by atoms with van der Waals surface area (Å²) in [4.78, 5) is 9.70. The molecule has 21 heavy (non-hydrogen) atoms. The molecule has 2 aromatic heterocycles. The molecule has 2 rings (SSSR count). The molecule has 0 aliphatic rings. The highest BCUT2D eigenvalue weighted by Gasteiger charge is 2.06. The number of nitrogens with zero attached hydrogens (tertiary/aromatic N) is 2. The van der Waals surface area contributed by atoms with Crippen molar-refractivity contribution in [2.24, 2.45) is 0 Å². The SMILES string of the molecule is CCCNCc1cc(OCCc2scnc2C)ncc1Cl. The molecule has 1 N–H and O–H groups in total. The molecular weight excluding hydrogens is 306 g/mol. The minimum absolute atomic E-state index is 0.597. The molecule has 0 unspecified atom stereocenters. The third-order valence-corrected chi connectivity index (χ3v) is 4.41. The van der Waals surface area contributed by atoms with Gasteiger partial charge in [-0.1, -0.05) is 18.5 Å². The van der Waals surface area contributed by atoms with Crippen molar-refractivity contribution in [3.8, 4) is 5.88 Å². The molecule has 0 aliphatic carbocycles. The summed E-state index contributed by atoms with van der Waals surface area (Å²) in [6.07, 6.45) is 3.60. The Bertz CT molecular complexity index is 574. The second kappa shape index (κ2) is 8.32. The monoisotopic (exact) mass is 325 g/mol. The summed E-state index contributed by atoms with van der Waals surface area (Å²) in [6, 6.07) is 1.91. The minimum atomic E-state index is 0.597. The number of hydrogen-bond acceptors (Lipinski definition) is 5. The summed E-state index contributed by atoms with van der Waals surface area (Å²) < 4.78 is 5.72. The van der Waals surface area contributed by atoms with Gasteiger partial charge in [0.05, 0.1) is 22.8 Å². The summed E-state index contributed by atoms with van der Waals surface area (Å²) in [5.74, 6) is 0.620. The van der Waals surface area contributed by atoms with Crippen molar-refractivity contribution in [3.05, 3.63) is 38.9 Å². The van der Waals surface area contributed by atoms with Crippen LogP contribution in [-0.4, -0.2) is 23.1 Å². The van der Waals surface area contributed by atoms with Crippen LogP contribution in [0.1, 0.15) is 29.5 Å². The number of thiazole rings is 1. The Balaban J connectivity index is 1.88. The second-order valence-electron chi connectivity index (χ2n) is 4.75. The van der Waals surface area contributed by atoms with Gasteiger partial charge < -0.3 is 10.1 Å². The third-order valence-electron chi connectivity index (χ3n) is 3.08. The van der Waals surface area contributed by atoms with E-state index in [1.54, 1.807) is 17.5 Å². The first-order valence-corrected chi connectivity index (χ1v) is 8.33. The number of aryl methyl sites for hydroxylation is 1. The fraction of sp³-hybridized carbons (Fsp3) is 0.467. The molecule has 0 aromatic carbocycles. The molecule has 114 valence electrons. The van der Waals surface area contributed by atoms with Crippen molar-refractivity contribution in [2.75, 3.05) is 13.2 Å². The Morgan fingerprint density at radius 3 is 2.95 bits per heavy atom. The van der Waals surface area contributed by atoms with Crippen LogP contribution in [-0.2, 0) is 13.0 Å². The molecule has 0 atom stereocenters. The van der Waals surface area contributed by atoms with Crippen LogP contribution < -0.4 is 10.1 Å². The van der Waals surface area contributed by atoms with Crippen molar-refractivity contribution in [1.82, 2.24) is 15.3 Å². The van der Waals surface area contributed by atoms with Gasteiger partial charge in [0.1, 0.15) is 0 Å². The average Bonchev–Trinajstić information content (AvgIpc) is 2.88. The van der Waals surface area contributed by atoms with Gasteiger partial charge in [-0.05, 0) is 25.5 Å². The molecule has 2 heterocycles. The molecule has 0 fully saturated rings. The van der Waals surface area contributed by atoms with Crippen molar-refractivity contribution in [2.45, 2.75) is 33.2 Å². The first-order valence-electron chi connectivity index (χ1n) is 7.07. The van der Waals surface area contributed by atoms with E-state index in [1.807, 2.05) is 18.5 Å². The number of hydrogen-bond donors (Lipinski definition) is 1. The van der Waals surface area contributed by atoms with Crippen LogP contribution in [0.2, 0.25) is 5.02 Å². The van der Waals surface area contributed by atoms with Crippen LogP contribution in [0.5, 0.6) is 5.88 Å². The number of rotatable bonds is 8. The Morgan fingerprint density at radius 2 is 2.24 bits per heavy atom. The van der Waals surface area contributed by atoms with Crippen LogP contribution in [0.3, 0.4) is 0 Å². The zero-order valence-corrected chi connectivity index (χ0v) is 13.9. The second-order valence-corrected chi connectivity index (χ2v) is 6.10. The van der Waals surface area contributed by atoms with Gasteiger partial charge in [-0.25, -0.2) is 9.97 Å². The summed E-state index contributed by atoms with van der Waals surface area (Å²) in [7, 11) is 0. The maximum Gasteiger partial charge on any atom is 0.213 e. The average molecular weight is 326 g/mol. The Hall–Kier alpha value is -1.17. The summed E-state index contributed by atoms with van der Waals surface area (Å²) in [6.45, 7) is 6.46. The molecular formula is C15H20ClN3OS. The topological polar surface area (TPSA) is 47.0 Å². The highest BCUT2D eigenvalue weighted by atomic mass is 35.5. The molecule has 0 spiro atoms. The zero-order chi connectivity index (χ0) is 15.1. The number of pyridine rings is 1. The van der Waals surface area contributed by atoms with E-state index in [2.05, 4.69) is 22.2 Å². The lowest BCUT2D eigenvalue weighted by Gasteiger charge is -2.09. The van der Waals surface area contributed by atoms with Gasteiger partial charge in [0.25, 0.3) is 0 Å². The Kier molecular flexibility index (Phi) is 6.42. The lowest BCUT2D eigenvalue weighted by atomic mass is 10.2. The first-order chi connectivity index (χ1) is 10.2. The van der Waals surface area contributed by atoms with E-state index in [0.717, 1.165) is 37.2 Å². The predicted octanol–water partition coefficient (Wildman–Crippen LogP) is 3.62. The van der Waals surface area contributed by atoms with Gasteiger partial charge in [0, 0.05) is 30.1 Å². The van der Waals surface area contributed by atoms with Crippen molar-refractivity contribution >= 4 is 22.9 Å². The van der Waals surface area contributed by atoms with Gasteiger partial charge in [-0.3, -0.25) is 0 Å². The normalized spacial score (nSPS) is 10.8. The number of aromatic nitrogens is 2. The largest absolute Gasteiger partial charge is 0.477 e. The summed E-state index contributed by atoms with van der Waals surface area (Å²) in [5, 5.41) is 4.00. The first kappa shape index (κ1) is 16.2. The van der Waals surface area contributed by atoms with Gasteiger partial charge in [-0.2, -0.15) is 0 Å². The maximum atomic E-state index is 6.15. The van der Waals surface area contributed by atoms with E-state index in [1.165, 1.54) is 4.88 Å². The number of halogens is 1. The van der Waals surface area contributed by atoms with Crippen molar-refractivity contribution in [1.29, 1.82) is 0 Å². The van der Waals surface area contributed by atoms with Gasteiger partial charge in [-0.15, -0.1) is 11.3 Å². The van der Waals surface area contributed by atoms with E-state index in [4.69, 9.17) is 16.3 Å². The van der Waals surface area contributed by atoms with Crippen LogP contribution in [0.25, 0.3) is 0 Å². The van der Waals surface area contributed by atoms with Crippen LogP contribution in [0.4, 0.5) is 0 Å². The molecule has 2 aromatic rings. The van der Waals surface area contributed by atoms with E-state index in [0.29, 0.717) is 17.5 Å². The maximum absolute atomic E-state index is 6.15. The highest BCUT2D eigenvalue weighted by molar-refractivity contribution is 7.09. The molecule has 0 saturated carbocycles. The summed E-state index contributed by atoms with van der Waals surface area (Å²) >= 11 is 7.81. The Morgan fingerprint density at radius 1 is 1.38 bits per heavy atom. The van der Waals surface area contributed by atoms with E-state index < -0.39 is 0 Å². The minimum Gasteiger partial charge on any atom is -0.477 e. The lowest BCUT2D eigenvalue weighted by Crippen LogP contribution is -2.14. The van der Waals surface area contributed by atoms with E-state index in [-0.39, 0.29) is 0 Å². The molecule has 0 aliphatic heterocycles. The van der Waals surface area contributed by atoms with E-state index >= 15 is 0 Å². The fourth-order valence-corrected chi connectivity index (χ4v) is 2.82. The standard InChI is InChI=1S/C15H20ClN3OS/c1-3-5-17-8-12-7-15(18-9-13(12)16)20-6-4-14-11(2)19-10-21-14/h7,9-10,17H,3-6,8H2,1-2H3.